The number of rotatable bonds is 12. The first-order valence-corrected chi connectivity index (χ1v) is 11.7. The lowest BCUT2D eigenvalue weighted by Crippen LogP contribution is -2.39. The predicted octanol–water partition coefficient (Wildman–Crippen LogP) is 4.88. The molecule has 0 bridgehead atoms. The summed E-state index contributed by atoms with van der Waals surface area (Å²) < 4.78 is 19.4. The Kier molecular flexibility index (Phi) is 9.79. The molecule has 0 unspecified atom stereocenters. The molecule has 0 aliphatic carbocycles. The molecule has 3 rings (SSSR count). The maximum Gasteiger partial charge on any atom is 0.308 e. The summed E-state index contributed by atoms with van der Waals surface area (Å²) in [6.45, 7) is 2.02. The average Bonchev–Trinajstić information content (AvgIpc) is 3.41. The van der Waals surface area contributed by atoms with Crippen LogP contribution >= 0.6 is 11.6 Å². The number of aromatic nitrogens is 3. The Hall–Kier alpha value is -3.95. The van der Waals surface area contributed by atoms with Gasteiger partial charge in [0.2, 0.25) is 0 Å². The molecule has 12 heteroatoms. The molecule has 0 aliphatic heterocycles. The van der Waals surface area contributed by atoms with E-state index in [1.807, 2.05) is 12.1 Å². The summed E-state index contributed by atoms with van der Waals surface area (Å²) in [6.07, 6.45) is 2.19. The van der Waals surface area contributed by atoms with Gasteiger partial charge in [0.05, 0.1) is 18.7 Å². The Morgan fingerprint density at radius 2 is 2.06 bits per heavy atom. The molecule has 1 aromatic heterocycles. The van der Waals surface area contributed by atoms with Gasteiger partial charge < -0.3 is 10.1 Å². The van der Waals surface area contributed by atoms with Gasteiger partial charge in [0.1, 0.15) is 5.82 Å². The van der Waals surface area contributed by atoms with Crippen LogP contribution in [0.25, 0.3) is 21.6 Å². The number of nitrogens with zero attached hydrogens (tertiary/aromatic N) is 5. The highest BCUT2D eigenvalue weighted by Gasteiger charge is 2.26. The third-order valence-corrected chi connectivity index (χ3v) is 5.72. The van der Waals surface area contributed by atoms with Gasteiger partial charge in [0.15, 0.2) is 5.69 Å². The number of hydrogen-bond donors (Lipinski definition) is 2. The molecular formula is C24H25ClFN7O3. The average molecular weight is 514 g/mol. The first kappa shape index (κ1) is 26.7. The van der Waals surface area contributed by atoms with Crippen LogP contribution < -0.4 is 5.32 Å². The second kappa shape index (κ2) is 13.2. The number of amides is 1. The summed E-state index contributed by atoms with van der Waals surface area (Å²) in [5.41, 5.74) is 10.6. The number of carbonyl (C=O) groups excluding carboxylic acids is 2. The van der Waals surface area contributed by atoms with Gasteiger partial charge in [-0.05, 0) is 61.0 Å². The van der Waals surface area contributed by atoms with Crippen molar-refractivity contribution in [1.29, 1.82) is 0 Å². The Bertz CT molecular complexity index is 1210. The predicted molar refractivity (Wildman–Crippen MR) is 132 cm³/mol. The molecule has 3 aromatic rings. The van der Waals surface area contributed by atoms with Gasteiger partial charge in [-0.1, -0.05) is 41.0 Å². The molecule has 10 nitrogen and oxygen atoms in total. The first-order chi connectivity index (χ1) is 17.4. The van der Waals surface area contributed by atoms with Gasteiger partial charge >= 0.3 is 5.97 Å². The first-order valence-electron chi connectivity index (χ1n) is 11.3. The molecule has 2 atom stereocenters. The third-order valence-electron chi connectivity index (χ3n) is 5.49. The number of aromatic amines is 1. The Morgan fingerprint density at radius 3 is 2.72 bits per heavy atom. The maximum atomic E-state index is 14.3. The minimum atomic E-state index is -0.599. The van der Waals surface area contributed by atoms with Crippen LogP contribution in [0.3, 0.4) is 0 Å². The number of benzene rings is 2. The summed E-state index contributed by atoms with van der Waals surface area (Å²) in [4.78, 5) is 28.0. The molecule has 36 heavy (non-hydrogen) atoms. The molecule has 2 aromatic carbocycles. The molecule has 1 amide bonds. The van der Waals surface area contributed by atoms with Crippen molar-refractivity contribution in [2.24, 2.45) is 11.0 Å². The van der Waals surface area contributed by atoms with Crippen molar-refractivity contribution in [3.63, 3.8) is 0 Å². The van der Waals surface area contributed by atoms with Gasteiger partial charge in [-0.2, -0.15) is 15.4 Å². The van der Waals surface area contributed by atoms with Crippen LogP contribution in [-0.4, -0.2) is 46.5 Å². The van der Waals surface area contributed by atoms with Crippen molar-refractivity contribution in [2.45, 2.75) is 32.2 Å². The standard InChI is InChI=1S/C24H25ClFN7O3/c1-2-36-24(35)17(9-10-28-32-27)12-19(30-23(34)22-14-29-33-31-22)11-15-3-5-16(6-4-15)20-13-18(25)7-8-21(20)26/h3-8,13-14,17,19H,2,9-12H2,1H3,(H,30,34)(H,29,31,33)/t17-,19-/m1/s1. The fourth-order valence-corrected chi connectivity index (χ4v) is 3.95. The minimum Gasteiger partial charge on any atom is -0.466 e. The number of H-pyrrole nitrogens is 1. The van der Waals surface area contributed by atoms with E-state index in [1.54, 1.807) is 25.1 Å². The lowest BCUT2D eigenvalue weighted by atomic mass is 9.92. The lowest BCUT2D eigenvalue weighted by molar-refractivity contribution is -0.148. The number of carbonyl (C=O) groups is 2. The fourth-order valence-electron chi connectivity index (χ4n) is 3.78. The number of ether oxygens (including phenoxy) is 1. The van der Waals surface area contributed by atoms with Crippen LogP contribution in [0.1, 0.15) is 35.8 Å². The summed E-state index contributed by atoms with van der Waals surface area (Å²) in [5.74, 6) is -1.87. The number of hydrogen-bond acceptors (Lipinski definition) is 6. The van der Waals surface area contributed by atoms with Crippen molar-refractivity contribution in [2.75, 3.05) is 13.2 Å². The monoisotopic (exact) mass is 513 g/mol. The zero-order valence-corrected chi connectivity index (χ0v) is 20.3. The molecule has 0 saturated heterocycles. The third kappa shape index (κ3) is 7.53. The topological polar surface area (TPSA) is 146 Å². The van der Waals surface area contributed by atoms with Gasteiger partial charge in [-0.3, -0.25) is 9.59 Å². The van der Waals surface area contributed by atoms with Crippen LogP contribution in [-0.2, 0) is 16.0 Å². The van der Waals surface area contributed by atoms with Crippen LogP contribution in [0.4, 0.5) is 4.39 Å². The highest BCUT2D eigenvalue weighted by molar-refractivity contribution is 6.30. The smallest absolute Gasteiger partial charge is 0.308 e. The Morgan fingerprint density at radius 1 is 1.28 bits per heavy atom. The summed E-state index contributed by atoms with van der Waals surface area (Å²) in [7, 11) is 0. The molecule has 0 saturated carbocycles. The van der Waals surface area contributed by atoms with Crippen LogP contribution in [0.15, 0.2) is 53.8 Å². The molecular weight excluding hydrogens is 489 g/mol. The molecule has 188 valence electrons. The van der Waals surface area contributed by atoms with Crippen LogP contribution in [0.5, 0.6) is 0 Å². The van der Waals surface area contributed by atoms with Crippen molar-refractivity contribution < 1.29 is 18.7 Å². The Labute approximate surface area is 211 Å². The zero-order chi connectivity index (χ0) is 25.9. The van der Waals surface area contributed by atoms with E-state index in [0.29, 0.717) is 22.6 Å². The lowest BCUT2D eigenvalue weighted by Gasteiger charge is -2.23. The van der Waals surface area contributed by atoms with E-state index in [-0.39, 0.29) is 37.5 Å². The number of nitrogens with one attached hydrogen (secondary N) is 2. The Balaban J connectivity index is 1.81. The van der Waals surface area contributed by atoms with Crippen LogP contribution in [0.2, 0.25) is 5.02 Å². The molecule has 0 spiro atoms. The number of halogens is 2. The highest BCUT2D eigenvalue weighted by atomic mass is 35.5. The van der Waals surface area contributed by atoms with Crippen LogP contribution in [0, 0.1) is 11.7 Å². The van der Waals surface area contributed by atoms with Crippen molar-refractivity contribution in [1.82, 2.24) is 20.7 Å². The van der Waals surface area contributed by atoms with E-state index in [2.05, 4.69) is 30.8 Å². The fraction of sp³-hybridized carbons (Fsp3) is 0.333. The molecule has 2 N–H and O–H groups in total. The zero-order valence-electron chi connectivity index (χ0n) is 19.5. The minimum absolute atomic E-state index is 0.105. The van der Waals surface area contributed by atoms with Gasteiger partial charge in [0, 0.05) is 28.1 Å². The molecule has 0 fully saturated rings. The van der Waals surface area contributed by atoms with Gasteiger partial charge in [0.25, 0.3) is 5.91 Å². The molecule has 0 radical (unpaired) electrons. The van der Waals surface area contributed by atoms with E-state index >= 15 is 0 Å². The summed E-state index contributed by atoms with van der Waals surface area (Å²) in [6, 6.07) is 11.1. The van der Waals surface area contributed by atoms with E-state index in [1.165, 1.54) is 18.3 Å². The molecule has 1 heterocycles. The van der Waals surface area contributed by atoms with Crippen molar-refractivity contribution in [3.8, 4) is 11.1 Å². The summed E-state index contributed by atoms with van der Waals surface area (Å²) >= 11 is 6.02. The second-order valence-corrected chi connectivity index (χ2v) is 8.42. The SMILES string of the molecule is CCOC(=O)[C@H](CCN=[N+]=[N-])C[C@@H](Cc1ccc(-c2cc(Cl)ccc2F)cc1)NC(=O)c1cn[nH]n1. The van der Waals surface area contributed by atoms with E-state index in [4.69, 9.17) is 21.9 Å². The number of esters is 1. The number of azide groups is 1. The second-order valence-electron chi connectivity index (χ2n) is 7.98. The maximum absolute atomic E-state index is 14.3. The quantitative estimate of drug-likeness (QED) is 0.153. The van der Waals surface area contributed by atoms with E-state index in [9.17, 15) is 14.0 Å². The van der Waals surface area contributed by atoms with E-state index < -0.39 is 23.8 Å². The van der Waals surface area contributed by atoms with Crippen molar-refractivity contribution >= 4 is 23.5 Å². The normalized spacial score (nSPS) is 12.3. The van der Waals surface area contributed by atoms with Crippen molar-refractivity contribution in [3.05, 3.63) is 81.2 Å². The molecule has 0 aliphatic rings. The largest absolute Gasteiger partial charge is 0.466 e. The highest BCUT2D eigenvalue weighted by Crippen LogP contribution is 2.27. The van der Waals surface area contributed by atoms with E-state index in [0.717, 1.165) is 5.56 Å². The van der Waals surface area contributed by atoms with Gasteiger partial charge in [-0.25, -0.2) is 4.39 Å². The van der Waals surface area contributed by atoms with Gasteiger partial charge in [-0.15, -0.1) is 0 Å². The summed E-state index contributed by atoms with van der Waals surface area (Å²) in [5, 5.41) is 16.7.